The third-order valence-corrected chi connectivity index (χ3v) is 7.90. The Balaban J connectivity index is 1.38. The van der Waals surface area contributed by atoms with Crippen LogP contribution < -0.4 is 10.6 Å². The molecule has 1 aromatic carbocycles. The number of hydrogen-bond donors (Lipinski definition) is 4. The molecule has 4 rings (SSSR count). The fourth-order valence-corrected chi connectivity index (χ4v) is 6.24. The Morgan fingerprint density at radius 1 is 1.34 bits per heavy atom. The number of aliphatic hydroxyl groups is 1. The molecular formula is C22H26FN3O5S. The van der Waals surface area contributed by atoms with Gasteiger partial charge in [-0.2, -0.15) is 0 Å². The standard InChI is InChI=1S/C22H26FN3O5S/c1-10-17-16(11(2)27)21(29)26(17)18(22(30)31)19(10)32-14-7-15(24-9-14)20(28)25-8-12-3-5-13(23)6-4-12/h3-6,10-11,14-17,24,27H,7-9H2,1-2H3,(H,25,28)(H,30,31). The number of benzene rings is 1. The number of aliphatic hydroxyl groups excluding tert-OH is 1. The van der Waals surface area contributed by atoms with Crippen molar-refractivity contribution in [1.29, 1.82) is 0 Å². The molecule has 0 bridgehead atoms. The van der Waals surface area contributed by atoms with Crippen molar-refractivity contribution in [3.8, 4) is 0 Å². The van der Waals surface area contributed by atoms with E-state index < -0.39 is 24.0 Å². The molecule has 0 spiro atoms. The maximum Gasteiger partial charge on any atom is 0.353 e. The highest BCUT2D eigenvalue weighted by molar-refractivity contribution is 8.03. The van der Waals surface area contributed by atoms with Crippen molar-refractivity contribution in [2.75, 3.05) is 6.54 Å². The van der Waals surface area contributed by atoms with E-state index in [1.165, 1.54) is 28.8 Å². The van der Waals surface area contributed by atoms with Gasteiger partial charge in [-0.25, -0.2) is 9.18 Å². The zero-order valence-corrected chi connectivity index (χ0v) is 18.6. The Bertz CT molecular complexity index is 967. The molecule has 3 aliphatic rings. The Hall–Kier alpha value is -2.43. The molecule has 1 aromatic rings. The summed E-state index contributed by atoms with van der Waals surface area (Å²) in [5.74, 6) is -2.80. The summed E-state index contributed by atoms with van der Waals surface area (Å²) in [7, 11) is 0. The predicted molar refractivity (Wildman–Crippen MR) is 116 cm³/mol. The summed E-state index contributed by atoms with van der Waals surface area (Å²) in [5, 5.41) is 25.7. The van der Waals surface area contributed by atoms with Gasteiger partial charge in [0.05, 0.1) is 24.1 Å². The highest BCUT2D eigenvalue weighted by Crippen LogP contribution is 2.51. The number of thioether (sulfide) groups is 1. The van der Waals surface area contributed by atoms with Crippen LogP contribution in [0.15, 0.2) is 34.9 Å². The zero-order chi connectivity index (χ0) is 23.2. The second kappa shape index (κ2) is 8.84. The first-order chi connectivity index (χ1) is 15.2. The maximum atomic E-state index is 13.0. The van der Waals surface area contributed by atoms with Crippen LogP contribution in [0.3, 0.4) is 0 Å². The second-order valence-electron chi connectivity index (χ2n) is 8.55. The summed E-state index contributed by atoms with van der Waals surface area (Å²) < 4.78 is 13.0. The molecule has 10 heteroatoms. The molecule has 3 aliphatic heterocycles. The number of hydrogen-bond acceptors (Lipinski definition) is 6. The molecule has 0 saturated carbocycles. The Labute approximate surface area is 189 Å². The number of β-lactam (4-membered cyclic amide) rings is 1. The van der Waals surface area contributed by atoms with E-state index in [0.717, 1.165) is 5.56 Å². The lowest BCUT2D eigenvalue weighted by Crippen LogP contribution is -2.63. The van der Waals surface area contributed by atoms with E-state index in [9.17, 15) is 29.0 Å². The molecule has 3 heterocycles. The van der Waals surface area contributed by atoms with Crippen molar-refractivity contribution in [3.63, 3.8) is 0 Å². The predicted octanol–water partition coefficient (Wildman–Crippen LogP) is 1.06. The molecular weight excluding hydrogens is 437 g/mol. The average Bonchev–Trinajstić information content (AvgIpc) is 3.29. The molecule has 0 radical (unpaired) electrons. The summed E-state index contributed by atoms with van der Waals surface area (Å²) in [5.41, 5.74) is 0.792. The minimum atomic E-state index is -1.15. The summed E-state index contributed by atoms with van der Waals surface area (Å²) >= 11 is 1.40. The first kappa shape index (κ1) is 22.8. The van der Waals surface area contributed by atoms with E-state index >= 15 is 0 Å². The van der Waals surface area contributed by atoms with Gasteiger partial charge in [0.15, 0.2) is 0 Å². The van der Waals surface area contributed by atoms with Gasteiger partial charge in [-0.1, -0.05) is 19.1 Å². The SMILES string of the molecule is CC(O)C1C(=O)N2C(C(=O)O)=C(SC3CNC(C(=O)NCc4ccc(F)cc4)C3)C(C)C12. The third kappa shape index (κ3) is 4.02. The normalized spacial score (nSPS) is 30.2. The highest BCUT2D eigenvalue weighted by atomic mass is 32.2. The van der Waals surface area contributed by atoms with Crippen molar-refractivity contribution in [3.05, 3.63) is 46.2 Å². The lowest BCUT2D eigenvalue weighted by Gasteiger charge is -2.46. The summed E-state index contributed by atoms with van der Waals surface area (Å²) in [6.45, 7) is 4.25. The smallest absolute Gasteiger partial charge is 0.353 e. The number of amides is 2. The molecule has 6 unspecified atom stereocenters. The number of halogens is 1. The minimum Gasteiger partial charge on any atom is -0.477 e. The molecule has 6 atom stereocenters. The number of rotatable bonds is 7. The van der Waals surface area contributed by atoms with Crippen LogP contribution in [0.2, 0.25) is 0 Å². The van der Waals surface area contributed by atoms with E-state index in [1.54, 1.807) is 19.1 Å². The van der Waals surface area contributed by atoms with Gasteiger partial charge in [0.25, 0.3) is 0 Å². The number of fused-ring (bicyclic) bond motifs is 1. The zero-order valence-electron chi connectivity index (χ0n) is 17.7. The molecule has 8 nitrogen and oxygen atoms in total. The maximum absolute atomic E-state index is 13.0. The Morgan fingerprint density at radius 2 is 2.03 bits per heavy atom. The number of aliphatic carboxylic acids is 1. The van der Waals surface area contributed by atoms with E-state index in [2.05, 4.69) is 10.6 Å². The molecule has 172 valence electrons. The van der Waals surface area contributed by atoms with Crippen LogP contribution in [-0.2, 0) is 20.9 Å². The van der Waals surface area contributed by atoms with Crippen molar-refractivity contribution in [2.24, 2.45) is 11.8 Å². The Kier molecular flexibility index (Phi) is 6.28. The van der Waals surface area contributed by atoms with E-state index in [0.29, 0.717) is 24.4 Å². The van der Waals surface area contributed by atoms with Crippen LogP contribution >= 0.6 is 11.8 Å². The average molecular weight is 464 g/mol. The van der Waals surface area contributed by atoms with Gasteiger partial charge in [-0.15, -0.1) is 11.8 Å². The lowest BCUT2D eigenvalue weighted by atomic mass is 9.79. The highest BCUT2D eigenvalue weighted by Gasteiger charge is 2.60. The van der Waals surface area contributed by atoms with Crippen LogP contribution in [0.4, 0.5) is 4.39 Å². The number of carboxylic acids is 1. The van der Waals surface area contributed by atoms with Crippen molar-refractivity contribution < 1.29 is 29.0 Å². The number of carbonyl (C=O) groups is 3. The van der Waals surface area contributed by atoms with Gasteiger partial charge in [0.2, 0.25) is 11.8 Å². The first-order valence-electron chi connectivity index (χ1n) is 10.6. The second-order valence-corrected chi connectivity index (χ2v) is 9.89. The van der Waals surface area contributed by atoms with Gasteiger partial charge in [0.1, 0.15) is 11.5 Å². The number of carbonyl (C=O) groups excluding carboxylic acids is 2. The molecule has 0 aromatic heterocycles. The van der Waals surface area contributed by atoms with Gasteiger partial charge >= 0.3 is 5.97 Å². The topological polar surface area (TPSA) is 119 Å². The van der Waals surface area contributed by atoms with Gasteiger partial charge in [-0.05, 0) is 31.0 Å². The summed E-state index contributed by atoms with van der Waals surface area (Å²) in [6, 6.07) is 5.15. The molecule has 32 heavy (non-hydrogen) atoms. The van der Waals surface area contributed by atoms with Gasteiger partial charge in [-0.3, -0.25) is 9.59 Å². The summed E-state index contributed by atoms with van der Waals surface area (Å²) in [6.07, 6.45) is -0.325. The van der Waals surface area contributed by atoms with Crippen LogP contribution in [0.5, 0.6) is 0 Å². The quantitative estimate of drug-likeness (QED) is 0.447. The van der Waals surface area contributed by atoms with Gasteiger partial charge in [0, 0.05) is 29.2 Å². The lowest BCUT2D eigenvalue weighted by molar-refractivity contribution is -0.163. The van der Waals surface area contributed by atoms with Crippen LogP contribution in [0.1, 0.15) is 25.8 Å². The molecule has 2 saturated heterocycles. The van der Waals surface area contributed by atoms with Crippen molar-refractivity contribution in [2.45, 2.75) is 50.3 Å². The molecule has 4 N–H and O–H groups in total. The van der Waals surface area contributed by atoms with E-state index in [-0.39, 0.29) is 40.5 Å². The molecule has 0 aliphatic carbocycles. The Morgan fingerprint density at radius 3 is 2.66 bits per heavy atom. The van der Waals surface area contributed by atoms with Crippen molar-refractivity contribution in [1.82, 2.24) is 15.5 Å². The fraction of sp³-hybridized carbons (Fsp3) is 0.500. The molecule has 2 amide bonds. The summed E-state index contributed by atoms with van der Waals surface area (Å²) in [4.78, 5) is 38.8. The first-order valence-corrected chi connectivity index (χ1v) is 11.5. The third-order valence-electron chi connectivity index (χ3n) is 6.39. The van der Waals surface area contributed by atoms with Gasteiger partial charge < -0.3 is 25.7 Å². The van der Waals surface area contributed by atoms with Crippen LogP contribution in [0, 0.1) is 17.7 Å². The molecule has 2 fully saturated rings. The van der Waals surface area contributed by atoms with Crippen LogP contribution in [0.25, 0.3) is 0 Å². The fourth-order valence-electron chi connectivity index (χ4n) is 4.77. The monoisotopic (exact) mass is 463 g/mol. The van der Waals surface area contributed by atoms with Crippen molar-refractivity contribution >= 4 is 29.5 Å². The van der Waals surface area contributed by atoms with E-state index in [1.807, 2.05) is 6.92 Å². The van der Waals surface area contributed by atoms with E-state index in [4.69, 9.17) is 0 Å². The number of carboxylic acid groups (broad SMARTS) is 1. The number of nitrogens with one attached hydrogen (secondary N) is 2. The largest absolute Gasteiger partial charge is 0.477 e. The number of nitrogens with zero attached hydrogens (tertiary/aromatic N) is 1. The minimum absolute atomic E-state index is 0.00129. The van der Waals surface area contributed by atoms with Crippen LogP contribution in [-0.4, -0.2) is 62.9 Å².